The maximum atomic E-state index is 12.6. The van der Waals surface area contributed by atoms with E-state index in [2.05, 4.69) is 17.6 Å². The summed E-state index contributed by atoms with van der Waals surface area (Å²) in [6, 6.07) is 0. The highest BCUT2D eigenvalue weighted by molar-refractivity contribution is 5.88. The van der Waals surface area contributed by atoms with Crippen LogP contribution in [-0.2, 0) is 9.59 Å². The van der Waals surface area contributed by atoms with E-state index < -0.39 is 0 Å². The van der Waals surface area contributed by atoms with Gasteiger partial charge in [0.1, 0.15) is 0 Å². The molecule has 120 valence electrons. The molecule has 2 rings (SSSR count). The molecule has 0 saturated carbocycles. The Balaban J connectivity index is 1.85. The van der Waals surface area contributed by atoms with E-state index in [9.17, 15) is 9.59 Å². The third-order valence-electron chi connectivity index (χ3n) is 4.88. The van der Waals surface area contributed by atoms with Gasteiger partial charge in [0.2, 0.25) is 11.8 Å². The van der Waals surface area contributed by atoms with E-state index in [1.807, 2.05) is 4.90 Å². The Kier molecular flexibility index (Phi) is 6.03. The second kappa shape index (κ2) is 7.78. The number of piperidine rings is 2. The van der Waals surface area contributed by atoms with Gasteiger partial charge in [0.25, 0.3) is 0 Å². The van der Waals surface area contributed by atoms with Crippen LogP contribution in [0.1, 0.15) is 51.9 Å². The molecule has 21 heavy (non-hydrogen) atoms. The first-order valence-electron chi connectivity index (χ1n) is 8.45. The van der Waals surface area contributed by atoms with Crippen molar-refractivity contribution < 1.29 is 9.59 Å². The van der Waals surface area contributed by atoms with E-state index in [0.717, 1.165) is 64.7 Å². The summed E-state index contributed by atoms with van der Waals surface area (Å²) in [6.45, 7) is 5.77. The molecule has 2 N–H and O–H groups in total. The van der Waals surface area contributed by atoms with Crippen LogP contribution < -0.4 is 10.6 Å². The van der Waals surface area contributed by atoms with Gasteiger partial charge in [-0.25, -0.2) is 0 Å². The summed E-state index contributed by atoms with van der Waals surface area (Å²) in [7, 11) is 0. The summed E-state index contributed by atoms with van der Waals surface area (Å²) in [5.74, 6) is 0.153. The average molecular weight is 295 g/mol. The molecule has 0 atom stereocenters. The highest BCUT2D eigenvalue weighted by Crippen LogP contribution is 2.34. The van der Waals surface area contributed by atoms with Crippen molar-refractivity contribution in [2.24, 2.45) is 5.41 Å². The van der Waals surface area contributed by atoms with Gasteiger partial charge in [-0.2, -0.15) is 0 Å². The maximum Gasteiger partial charge on any atom is 0.241 e. The number of hydrogen-bond acceptors (Lipinski definition) is 3. The van der Waals surface area contributed by atoms with Crippen LogP contribution in [0.15, 0.2) is 0 Å². The SMILES string of the molecule is CCCC1(C(=O)NCC(=O)N2CCCCC2)CCNCC1. The zero-order chi connectivity index (χ0) is 15.1. The zero-order valence-electron chi connectivity index (χ0n) is 13.2. The van der Waals surface area contributed by atoms with Gasteiger partial charge in [-0.05, 0) is 51.6 Å². The predicted molar refractivity (Wildman–Crippen MR) is 82.9 cm³/mol. The van der Waals surface area contributed by atoms with Crippen LogP contribution >= 0.6 is 0 Å². The molecule has 2 heterocycles. The maximum absolute atomic E-state index is 12.6. The van der Waals surface area contributed by atoms with Gasteiger partial charge < -0.3 is 15.5 Å². The Labute approximate surface area is 127 Å². The summed E-state index contributed by atoms with van der Waals surface area (Å²) < 4.78 is 0. The van der Waals surface area contributed by atoms with E-state index in [-0.39, 0.29) is 23.8 Å². The van der Waals surface area contributed by atoms with E-state index in [0.29, 0.717) is 0 Å². The average Bonchev–Trinajstić information content (AvgIpc) is 2.54. The minimum Gasteiger partial charge on any atom is -0.347 e. The van der Waals surface area contributed by atoms with E-state index in [1.54, 1.807) is 0 Å². The predicted octanol–water partition coefficient (Wildman–Crippen LogP) is 1.29. The first kappa shape index (κ1) is 16.3. The van der Waals surface area contributed by atoms with Crippen molar-refractivity contribution in [1.82, 2.24) is 15.5 Å². The van der Waals surface area contributed by atoms with E-state index in [4.69, 9.17) is 0 Å². The highest BCUT2D eigenvalue weighted by Gasteiger charge is 2.38. The van der Waals surface area contributed by atoms with Crippen LogP contribution in [-0.4, -0.2) is 49.4 Å². The monoisotopic (exact) mass is 295 g/mol. The number of likely N-dealkylation sites (tertiary alicyclic amines) is 1. The largest absolute Gasteiger partial charge is 0.347 e. The zero-order valence-corrected chi connectivity index (χ0v) is 13.2. The molecule has 0 bridgehead atoms. The normalized spacial score (nSPS) is 21.9. The van der Waals surface area contributed by atoms with Gasteiger partial charge in [-0.1, -0.05) is 13.3 Å². The van der Waals surface area contributed by atoms with E-state index in [1.165, 1.54) is 6.42 Å². The number of carbonyl (C=O) groups excluding carboxylic acids is 2. The van der Waals surface area contributed by atoms with Gasteiger partial charge in [0.15, 0.2) is 0 Å². The van der Waals surface area contributed by atoms with Gasteiger partial charge >= 0.3 is 0 Å². The molecular weight excluding hydrogens is 266 g/mol. The highest BCUT2D eigenvalue weighted by atomic mass is 16.2. The Morgan fingerprint density at radius 1 is 1.14 bits per heavy atom. The number of nitrogens with one attached hydrogen (secondary N) is 2. The van der Waals surface area contributed by atoms with Crippen molar-refractivity contribution in [3.8, 4) is 0 Å². The standard InChI is InChI=1S/C16H29N3O2/c1-2-6-16(7-9-17-10-8-16)15(21)18-13-14(20)19-11-4-3-5-12-19/h17H,2-13H2,1H3,(H,18,21). The molecule has 5 heteroatoms. The molecule has 5 nitrogen and oxygen atoms in total. The van der Waals surface area contributed by atoms with Crippen LogP contribution in [0.2, 0.25) is 0 Å². The Morgan fingerprint density at radius 3 is 2.43 bits per heavy atom. The lowest BCUT2D eigenvalue weighted by atomic mass is 9.74. The topological polar surface area (TPSA) is 61.4 Å². The Morgan fingerprint density at radius 2 is 1.81 bits per heavy atom. The third kappa shape index (κ3) is 4.19. The Hall–Kier alpha value is -1.10. The third-order valence-corrected chi connectivity index (χ3v) is 4.88. The van der Waals surface area contributed by atoms with Crippen LogP contribution in [0.3, 0.4) is 0 Å². The minimum absolute atomic E-state index is 0.0728. The smallest absolute Gasteiger partial charge is 0.241 e. The molecular formula is C16H29N3O2. The van der Waals surface area contributed by atoms with Crippen molar-refractivity contribution in [1.29, 1.82) is 0 Å². The van der Waals surface area contributed by atoms with Crippen molar-refractivity contribution in [2.45, 2.75) is 51.9 Å². The number of amides is 2. The number of rotatable bonds is 5. The molecule has 0 aromatic rings. The lowest BCUT2D eigenvalue weighted by Crippen LogP contribution is -2.50. The molecule has 0 radical (unpaired) electrons. The molecule has 2 fully saturated rings. The summed E-state index contributed by atoms with van der Waals surface area (Å²) in [5, 5.41) is 6.23. The molecule has 2 aliphatic rings. The van der Waals surface area contributed by atoms with Crippen molar-refractivity contribution in [2.75, 3.05) is 32.7 Å². The number of hydrogen-bond donors (Lipinski definition) is 2. The van der Waals surface area contributed by atoms with Crippen LogP contribution in [0, 0.1) is 5.41 Å². The fourth-order valence-electron chi connectivity index (χ4n) is 3.57. The lowest BCUT2D eigenvalue weighted by molar-refractivity contribution is -0.138. The molecule has 0 aromatic carbocycles. The van der Waals surface area contributed by atoms with Gasteiger partial charge in [0.05, 0.1) is 12.0 Å². The molecule has 2 saturated heterocycles. The van der Waals surface area contributed by atoms with Gasteiger partial charge in [-0.3, -0.25) is 9.59 Å². The van der Waals surface area contributed by atoms with Gasteiger partial charge in [0, 0.05) is 13.1 Å². The van der Waals surface area contributed by atoms with Crippen LogP contribution in [0.25, 0.3) is 0 Å². The van der Waals surface area contributed by atoms with Gasteiger partial charge in [-0.15, -0.1) is 0 Å². The molecule has 0 unspecified atom stereocenters. The summed E-state index contributed by atoms with van der Waals surface area (Å²) >= 11 is 0. The fourth-order valence-corrected chi connectivity index (χ4v) is 3.57. The summed E-state index contributed by atoms with van der Waals surface area (Å²) in [4.78, 5) is 26.6. The quantitative estimate of drug-likeness (QED) is 0.803. The van der Waals surface area contributed by atoms with Crippen molar-refractivity contribution in [3.05, 3.63) is 0 Å². The molecule has 0 aliphatic carbocycles. The van der Waals surface area contributed by atoms with Crippen molar-refractivity contribution in [3.63, 3.8) is 0 Å². The Bertz CT molecular complexity index is 353. The first-order valence-corrected chi connectivity index (χ1v) is 8.45. The van der Waals surface area contributed by atoms with E-state index >= 15 is 0 Å². The second-order valence-electron chi connectivity index (χ2n) is 6.40. The lowest BCUT2D eigenvalue weighted by Gasteiger charge is -2.36. The fraction of sp³-hybridized carbons (Fsp3) is 0.875. The first-order chi connectivity index (χ1) is 10.2. The van der Waals surface area contributed by atoms with Crippen LogP contribution in [0.4, 0.5) is 0 Å². The molecule has 2 aliphatic heterocycles. The minimum atomic E-state index is -0.262. The van der Waals surface area contributed by atoms with Crippen molar-refractivity contribution >= 4 is 11.8 Å². The summed E-state index contributed by atoms with van der Waals surface area (Å²) in [5.41, 5.74) is -0.262. The van der Waals surface area contributed by atoms with Crippen LogP contribution in [0.5, 0.6) is 0 Å². The number of carbonyl (C=O) groups is 2. The number of nitrogens with zero attached hydrogens (tertiary/aromatic N) is 1. The molecule has 0 aromatic heterocycles. The molecule has 0 spiro atoms. The molecule has 2 amide bonds. The summed E-state index contributed by atoms with van der Waals surface area (Å²) in [6.07, 6.45) is 7.07. The second-order valence-corrected chi connectivity index (χ2v) is 6.40.